The fourth-order valence-corrected chi connectivity index (χ4v) is 4.44. The predicted molar refractivity (Wildman–Crippen MR) is 91.8 cm³/mol. The van der Waals surface area contributed by atoms with Crippen molar-refractivity contribution in [2.24, 2.45) is 7.05 Å². The highest BCUT2D eigenvalue weighted by Gasteiger charge is 2.31. The van der Waals surface area contributed by atoms with Gasteiger partial charge in [-0.15, -0.1) is 0 Å². The topological polar surface area (TPSA) is 97.0 Å². The van der Waals surface area contributed by atoms with E-state index in [4.69, 9.17) is 10.00 Å². The number of sulfonamides is 1. The van der Waals surface area contributed by atoms with E-state index in [0.29, 0.717) is 24.2 Å². The summed E-state index contributed by atoms with van der Waals surface area (Å²) in [5.41, 5.74) is 1.89. The van der Waals surface area contributed by atoms with E-state index in [1.165, 1.54) is 0 Å². The molecule has 0 unspecified atom stereocenters. The zero-order valence-corrected chi connectivity index (χ0v) is 14.7. The summed E-state index contributed by atoms with van der Waals surface area (Å²) in [4.78, 5) is 0. The molecule has 2 atom stereocenters. The lowest BCUT2D eigenvalue weighted by molar-refractivity contribution is -0.00447. The molecule has 132 valence electrons. The minimum atomic E-state index is -3.56. The van der Waals surface area contributed by atoms with Gasteiger partial charge in [-0.3, -0.25) is 4.68 Å². The largest absolute Gasteiger partial charge is 0.372 e. The zero-order valence-electron chi connectivity index (χ0n) is 13.9. The second-order valence-corrected chi connectivity index (χ2v) is 7.93. The Hall–Kier alpha value is -2.21. The first-order chi connectivity index (χ1) is 12.0. The Morgan fingerprint density at radius 1 is 1.48 bits per heavy atom. The average Bonchev–Trinajstić information content (AvgIpc) is 3.01. The van der Waals surface area contributed by atoms with E-state index in [2.05, 4.69) is 9.82 Å². The van der Waals surface area contributed by atoms with Crippen molar-refractivity contribution >= 4 is 10.0 Å². The minimum absolute atomic E-state index is 0.168. The molecule has 1 saturated heterocycles. The van der Waals surface area contributed by atoms with E-state index in [9.17, 15) is 8.42 Å². The van der Waals surface area contributed by atoms with Crippen LogP contribution in [0.2, 0.25) is 0 Å². The average molecular weight is 360 g/mol. The monoisotopic (exact) mass is 360 g/mol. The van der Waals surface area contributed by atoms with Crippen LogP contribution in [0.25, 0.3) is 0 Å². The smallest absolute Gasteiger partial charge is 0.216 e. The third-order valence-corrected chi connectivity index (χ3v) is 5.49. The van der Waals surface area contributed by atoms with Crippen molar-refractivity contribution in [2.45, 2.75) is 30.7 Å². The highest BCUT2D eigenvalue weighted by molar-refractivity contribution is 7.88. The van der Waals surface area contributed by atoms with Crippen LogP contribution in [-0.2, 0) is 27.6 Å². The summed E-state index contributed by atoms with van der Waals surface area (Å²) >= 11 is 0. The second-order valence-electron chi connectivity index (χ2n) is 6.18. The molecule has 0 radical (unpaired) electrons. The van der Waals surface area contributed by atoms with Crippen molar-refractivity contribution in [3.05, 3.63) is 53.3 Å². The summed E-state index contributed by atoms with van der Waals surface area (Å²) in [6, 6.07) is 8.32. The maximum Gasteiger partial charge on any atom is 0.216 e. The van der Waals surface area contributed by atoms with Crippen molar-refractivity contribution in [3.63, 3.8) is 0 Å². The van der Waals surface area contributed by atoms with E-state index in [0.717, 1.165) is 12.0 Å². The number of aromatic nitrogens is 2. The van der Waals surface area contributed by atoms with Gasteiger partial charge in [0, 0.05) is 25.4 Å². The van der Waals surface area contributed by atoms with Crippen LogP contribution in [0.4, 0.5) is 0 Å². The number of aryl methyl sites for hydroxylation is 1. The summed E-state index contributed by atoms with van der Waals surface area (Å²) < 4.78 is 35.4. The summed E-state index contributed by atoms with van der Waals surface area (Å²) in [6.45, 7) is 0.599. The van der Waals surface area contributed by atoms with Gasteiger partial charge in [-0.05, 0) is 30.5 Å². The molecule has 0 aliphatic carbocycles. The number of nitriles is 1. The molecular weight excluding hydrogens is 340 g/mol. The minimum Gasteiger partial charge on any atom is -0.372 e. The molecule has 1 N–H and O–H groups in total. The molecule has 0 bridgehead atoms. The van der Waals surface area contributed by atoms with Crippen molar-refractivity contribution in [1.82, 2.24) is 14.5 Å². The van der Waals surface area contributed by atoms with E-state index >= 15 is 0 Å². The molecule has 2 aromatic rings. The van der Waals surface area contributed by atoms with Gasteiger partial charge in [-0.25, -0.2) is 13.1 Å². The quantitative estimate of drug-likeness (QED) is 0.874. The van der Waals surface area contributed by atoms with Gasteiger partial charge in [-0.1, -0.05) is 12.1 Å². The van der Waals surface area contributed by atoms with Crippen molar-refractivity contribution < 1.29 is 13.2 Å². The molecule has 25 heavy (non-hydrogen) atoms. The molecule has 1 aliphatic heterocycles. The predicted octanol–water partition coefficient (Wildman–Crippen LogP) is 1.63. The molecule has 0 saturated carbocycles. The normalized spacial score (nSPS) is 21.0. The third kappa shape index (κ3) is 4.45. The second kappa shape index (κ2) is 7.35. The Labute approximate surface area is 147 Å². The molecule has 1 aliphatic rings. The molecule has 2 heterocycles. The zero-order chi connectivity index (χ0) is 17.9. The van der Waals surface area contributed by atoms with Gasteiger partial charge in [0.05, 0.1) is 29.6 Å². The van der Waals surface area contributed by atoms with Crippen LogP contribution in [0.3, 0.4) is 0 Å². The van der Waals surface area contributed by atoms with E-state index in [1.807, 2.05) is 19.3 Å². The summed E-state index contributed by atoms with van der Waals surface area (Å²) in [5, 5.41) is 13.1. The number of ether oxygens (including phenoxy) is 1. The Morgan fingerprint density at radius 3 is 3.04 bits per heavy atom. The van der Waals surface area contributed by atoms with Gasteiger partial charge in [-0.2, -0.15) is 10.4 Å². The van der Waals surface area contributed by atoms with Crippen LogP contribution < -0.4 is 4.72 Å². The Balaban J connectivity index is 1.75. The highest BCUT2D eigenvalue weighted by Crippen LogP contribution is 2.28. The van der Waals surface area contributed by atoms with Crippen LogP contribution >= 0.6 is 0 Å². The number of hydrogen-bond acceptors (Lipinski definition) is 5. The van der Waals surface area contributed by atoms with E-state index in [1.54, 1.807) is 35.1 Å². The maximum atomic E-state index is 12.6. The van der Waals surface area contributed by atoms with Gasteiger partial charge < -0.3 is 4.74 Å². The molecule has 1 aromatic heterocycles. The van der Waals surface area contributed by atoms with Gasteiger partial charge in [0.1, 0.15) is 6.10 Å². The van der Waals surface area contributed by atoms with Gasteiger partial charge in [0.25, 0.3) is 0 Å². The van der Waals surface area contributed by atoms with Gasteiger partial charge >= 0.3 is 0 Å². The van der Waals surface area contributed by atoms with Crippen molar-refractivity contribution in [1.29, 1.82) is 5.26 Å². The third-order valence-electron chi connectivity index (χ3n) is 4.12. The molecule has 1 fully saturated rings. The van der Waals surface area contributed by atoms with Crippen LogP contribution in [0.15, 0.2) is 36.7 Å². The fourth-order valence-electron chi connectivity index (χ4n) is 3.04. The summed E-state index contributed by atoms with van der Waals surface area (Å²) in [7, 11) is -1.75. The molecule has 0 amide bonds. The van der Waals surface area contributed by atoms with E-state index in [-0.39, 0.29) is 17.9 Å². The van der Waals surface area contributed by atoms with Crippen LogP contribution in [-0.4, -0.2) is 30.8 Å². The first-order valence-electron chi connectivity index (χ1n) is 8.06. The molecule has 3 rings (SSSR count). The van der Waals surface area contributed by atoms with Gasteiger partial charge in [0.15, 0.2) is 0 Å². The molecular formula is C17H20N4O3S. The lowest BCUT2D eigenvalue weighted by Crippen LogP contribution is -2.43. The first-order valence-corrected chi connectivity index (χ1v) is 9.71. The first kappa shape index (κ1) is 17.6. The lowest BCUT2D eigenvalue weighted by Gasteiger charge is -2.31. The standard InChI is InChI=1S/C17H20N4O3S/c1-21-11-15(10-19-21)17-16(6-3-7-24-17)20-25(22,23)12-14-5-2-4-13(8-14)9-18/h2,4-5,8,10-11,16-17,20H,3,6-7,12H2,1H3/t16-,17+/m0/s1. The summed E-state index contributed by atoms with van der Waals surface area (Å²) in [6.07, 6.45) is 4.70. The maximum absolute atomic E-state index is 12.6. The number of rotatable bonds is 5. The van der Waals surface area contributed by atoms with Crippen molar-refractivity contribution in [2.75, 3.05) is 6.61 Å². The molecule has 7 nitrogen and oxygen atoms in total. The van der Waals surface area contributed by atoms with Crippen LogP contribution in [0.5, 0.6) is 0 Å². The van der Waals surface area contributed by atoms with Gasteiger partial charge in [0.2, 0.25) is 10.0 Å². The SMILES string of the molecule is Cn1cc([C@H]2OCCC[C@@H]2NS(=O)(=O)Cc2cccc(C#N)c2)cn1. The number of benzene rings is 1. The molecule has 8 heteroatoms. The van der Waals surface area contributed by atoms with Crippen LogP contribution in [0, 0.1) is 11.3 Å². The fraction of sp³-hybridized carbons (Fsp3) is 0.412. The van der Waals surface area contributed by atoms with Crippen molar-refractivity contribution in [3.8, 4) is 6.07 Å². The highest BCUT2D eigenvalue weighted by atomic mass is 32.2. The summed E-state index contributed by atoms with van der Waals surface area (Å²) in [5.74, 6) is -0.168. The number of nitrogens with one attached hydrogen (secondary N) is 1. The lowest BCUT2D eigenvalue weighted by atomic mass is 9.99. The molecule has 0 spiro atoms. The van der Waals surface area contributed by atoms with E-state index < -0.39 is 10.0 Å². The number of hydrogen-bond donors (Lipinski definition) is 1. The Morgan fingerprint density at radius 2 is 2.32 bits per heavy atom. The van der Waals surface area contributed by atoms with Crippen LogP contribution in [0.1, 0.15) is 35.6 Å². The Kier molecular flexibility index (Phi) is 5.18. The molecule has 1 aromatic carbocycles. The number of nitrogens with zero attached hydrogens (tertiary/aromatic N) is 3. The Bertz CT molecular complexity index is 885.